The van der Waals surface area contributed by atoms with Crippen LogP contribution in [-0.2, 0) is 5.75 Å². The van der Waals surface area contributed by atoms with E-state index >= 15 is 0 Å². The van der Waals surface area contributed by atoms with Crippen LogP contribution in [0.2, 0.25) is 5.02 Å². The highest BCUT2D eigenvalue weighted by Crippen LogP contribution is 2.33. The summed E-state index contributed by atoms with van der Waals surface area (Å²) in [6, 6.07) is 10.8. The molecule has 0 radical (unpaired) electrons. The van der Waals surface area contributed by atoms with E-state index in [0.717, 1.165) is 20.7 Å². The number of nitrogens with two attached hydrogens (primary N) is 2. The number of thioether (sulfide) groups is 1. The van der Waals surface area contributed by atoms with E-state index in [1.165, 1.54) is 0 Å². The molecule has 0 unspecified atom stereocenters. The van der Waals surface area contributed by atoms with Crippen LogP contribution in [0, 0.1) is 0 Å². The van der Waals surface area contributed by atoms with E-state index in [4.69, 9.17) is 23.2 Å². The Morgan fingerprint density at radius 2 is 2.05 bits per heavy atom. The largest absolute Gasteiger partial charge is 0.399 e. The first-order valence-electron chi connectivity index (χ1n) is 5.98. The first-order valence-corrected chi connectivity index (χ1v) is 8.14. The SMILES string of the molecule is NNC(=O)c1ccc(CSc2ccc(N)cc2Cl)c(Br)c1. The standard InChI is InChI=1S/C14H13BrClN3OS/c15-11-5-8(14(20)19-18)1-2-9(11)7-21-13-4-3-10(17)6-12(13)16/h1-6H,7,17-18H2,(H,19,20). The summed E-state index contributed by atoms with van der Waals surface area (Å²) in [4.78, 5) is 12.4. The molecule has 0 fully saturated rings. The number of hydrogen-bond acceptors (Lipinski definition) is 4. The van der Waals surface area contributed by atoms with Crippen LogP contribution in [0.4, 0.5) is 5.69 Å². The molecule has 21 heavy (non-hydrogen) atoms. The highest BCUT2D eigenvalue weighted by atomic mass is 79.9. The Kier molecular flexibility index (Phi) is 5.52. The molecule has 0 bridgehead atoms. The van der Waals surface area contributed by atoms with Crippen molar-refractivity contribution in [3.8, 4) is 0 Å². The summed E-state index contributed by atoms with van der Waals surface area (Å²) in [5, 5.41) is 0.634. The number of carbonyl (C=O) groups is 1. The van der Waals surface area contributed by atoms with Gasteiger partial charge in [-0.2, -0.15) is 0 Å². The smallest absolute Gasteiger partial charge is 0.265 e. The number of benzene rings is 2. The minimum absolute atomic E-state index is 0.323. The predicted octanol–water partition coefficient (Wildman–Crippen LogP) is 3.58. The zero-order chi connectivity index (χ0) is 15.4. The molecule has 0 heterocycles. The van der Waals surface area contributed by atoms with Crippen molar-refractivity contribution < 1.29 is 4.79 Å². The molecule has 0 aromatic heterocycles. The molecule has 0 saturated carbocycles. The van der Waals surface area contributed by atoms with Gasteiger partial charge in [0.2, 0.25) is 0 Å². The van der Waals surface area contributed by atoms with Crippen LogP contribution in [0.25, 0.3) is 0 Å². The van der Waals surface area contributed by atoms with Gasteiger partial charge in [-0.15, -0.1) is 11.8 Å². The lowest BCUT2D eigenvalue weighted by molar-refractivity contribution is 0.0953. The maximum atomic E-state index is 11.4. The minimum Gasteiger partial charge on any atom is -0.399 e. The maximum Gasteiger partial charge on any atom is 0.265 e. The molecule has 1 amide bonds. The Bertz CT molecular complexity index is 681. The fourth-order valence-corrected chi connectivity index (χ4v) is 3.66. The first-order chi connectivity index (χ1) is 10.0. The number of hydrazine groups is 1. The van der Waals surface area contributed by atoms with E-state index in [9.17, 15) is 4.79 Å². The van der Waals surface area contributed by atoms with E-state index < -0.39 is 0 Å². The van der Waals surface area contributed by atoms with Gasteiger partial charge in [-0.05, 0) is 35.9 Å². The van der Waals surface area contributed by atoms with Gasteiger partial charge in [-0.25, -0.2) is 5.84 Å². The summed E-state index contributed by atoms with van der Waals surface area (Å²) < 4.78 is 0.850. The van der Waals surface area contributed by atoms with Crippen molar-refractivity contribution in [3.05, 3.63) is 57.0 Å². The lowest BCUT2D eigenvalue weighted by atomic mass is 10.1. The second-order valence-corrected chi connectivity index (χ2v) is 6.54. The zero-order valence-electron chi connectivity index (χ0n) is 10.9. The number of amides is 1. The van der Waals surface area contributed by atoms with Crippen molar-refractivity contribution in [3.63, 3.8) is 0 Å². The molecular weight excluding hydrogens is 374 g/mol. The fraction of sp³-hybridized carbons (Fsp3) is 0.0714. The van der Waals surface area contributed by atoms with Crippen molar-refractivity contribution in [2.75, 3.05) is 5.73 Å². The summed E-state index contributed by atoms with van der Waals surface area (Å²) in [5.74, 6) is 5.51. The van der Waals surface area contributed by atoms with E-state index in [-0.39, 0.29) is 5.91 Å². The van der Waals surface area contributed by atoms with Crippen LogP contribution < -0.4 is 17.0 Å². The summed E-state index contributed by atoms with van der Waals surface area (Å²) in [6.07, 6.45) is 0. The number of carbonyl (C=O) groups excluding carboxylic acids is 1. The van der Waals surface area contributed by atoms with Crippen molar-refractivity contribution in [2.24, 2.45) is 5.84 Å². The van der Waals surface area contributed by atoms with Gasteiger partial charge in [0.15, 0.2) is 0 Å². The monoisotopic (exact) mass is 385 g/mol. The molecular formula is C14H13BrClN3OS. The normalized spacial score (nSPS) is 10.4. The molecule has 0 aliphatic heterocycles. The topological polar surface area (TPSA) is 81.1 Å². The lowest BCUT2D eigenvalue weighted by Gasteiger charge is -2.08. The van der Waals surface area contributed by atoms with Gasteiger partial charge in [0.25, 0.3) is 5.91 Å². The number of nitrogens with one attached hydrogen (secondary N) is 1. The van der Waals surface area contributed by atoms with Crippen LogP contribution in [0.5, 0.6) is 0 Å². The third kappa shape index (κ3) is 4.14. The summed E-state index contributed by atoms with van der Waals surface area (Å²) >= 11 is 11.2. The molecule has 2 rings (SSSR count). The average Bonchev–Trinajstić information content (AvgIpc) is 2.46. The quantitative estimate of drug-likeness (QED) is 0.247. The molecule has 0 aliphatic rings. The van der Waals surface area contributed by atoms with Crippen molar-refractivity contribution in [1.82, 2.24) is 5.43 Å². The highest BCUT2D eigenvalue weighted by Gasteiger charge is 2.08. The van der Waals surface area contributed by atoms with Crippen molar-refractivity contribution in [1.29, 1.82) is 0 Å². The number of hydrogen-bond donors (Lipinski definition) is 3. The molecule has 4 nitrogen and oxygen atoms in total. The van der Waals surface area contributed by atoms with Gasteiger partial charge in [0, 0.05) is 26.4 Å². The van der Waals surface area contributed by atoms with Gasteiger partial charge >= 0.3 is 0 Å². The Hall–Kier alpha value is -1.21. The number of rotatable bonds is 4. The molecule has 110 valence electrons. The summed E-state index contributed by atoms with van der Waals surface area (Å²) in [6.45, 7) is 0. The number of nitrogen functional groups attached to an aromatic ring is 2. The first kappa shape index (κ1) is 16.2. The van der Waals surface area contributed by atoms with Crippen molar-refractivity contribution >= 4 is 50.9 Å². The number of anilines is 1. The lowest BCUT2D eigenvalue weighted by Crippen LogP contribution is -2.29. The van der Waals surface area contributed by atoms with Crippen molar-refractivity contribution in [2.45, 2.75) is 10.6 Å². The fourth-order valence-electron chi connectivity index (χ4n) is 1.68. The van der Waals surface area contributed by atoms with E-state index in [1.807, 2.05) is 18.2 Å². The van der Waals surface area contributed by atoms with Crippen LogP contribution >= 0.6 is 39.3 Å². The van der Waals surface area contributed by atoms with Crippen LogP contribution in [0.3, 0.4) is 0 Å². The van der Waals surface area contributed by atoms with Crippen LogP contribution in [0.15, 0.2) is 45.8 Å². The summed E-state index contributed by atoms with van der Waals surface area (Å²) in [5.41, 5.74) is 9.97. The Balaban J connectivity index is 2.11. The third-order valence-electron chi connectivity index (χ3n) is 2.79. The van der Waals surface area contributed by atoms with E-state index in [2.05, 4.69) is 21.4 Å². The number of halogens is 2. The van der Waals surface area contributed by atoms with Gasteiger partial charge in [0.05, 0.1) is 5.02 Å². The second kappa shape index (κ2) is 7.17. The Labute approximate surface area is 140 Å². The molecule has 0 atom stereocenters. The predicted molar refractivity (Wildman–Crippen MR) is 91.2 cm³/mol. The Morgan fingerprint density at radius 1 is 1.29 bits per heavy atom. The molecule has 0 aliphatic carbocycles. The molecule has 5 N–H and O–H groups in total. The molecule has 7 heteroatoms. The molecule has 0 spiro atoms. The zero-order valence-corrected chi connectivity index (χ0v) is 14.1. The Morgan fingerprint density at radius 3 is 2.67 bits per heavy atom. The molecule has 2 aromatic carbocycles. The van der Waals surface area contributed by atoms with E-state index in [0.29, 0.717) is 16.3 Å². The molecule has 2 aromatic rings. The van der Waals surface area contributed by atoms with Gasteiger partial charge in [0.1, 0.15) is 0 Å². The average molecular weight is 387 g/mol. The van der Waals surface area contributed by atoms with Gasteiger partial charge < -0.3 is 5.73 Å². The molecule has 0 saturated heterocycles. The summed E-state index contributed by atoms with van der Waals surface area (Å²) in [7, 11) is 0. The second-order valence-electron chi connectivity index (χ2n) is 4.26. The van der Waals surface area contributed by atoms with E-state index in [1.54, 1.807) is 30.0 Å². The van der Waals surface area contributed by atoms with Crippen LogP contribution in [0.1, 0.15) is 15.9 Å². The van der Waals surface area contributed by atoms with Gasteiger partial charge in [-0.1, -0.05) is 33.6 Å². The maximum absolute atomic E-state index is 11.4. The van der Waals surface area contributed by atoms with Crippen LogP contribution in [-0.4, -0.2) is 5.91 Å². The van der Waals surface area contributed by atoms with Gasteiger partial charge in [-0.3, -0.25) is 10.2 Å². The highest BCUT2D eigenvalue weighted by molar-refractivity contribution is 9.10. The third-order valence-corrected chi connectivity index (χ3v) is 5.07. The minimum atomic E-state index is -0.323.